The predicted octanol–water partition coefficient (Wildman–Crippen LogP) is 1.99. The molecule has 6 heteroatoms. The Balaban J connectivity index is 1.73. The van der Waals surface area contributed by atoms with Gasteiger partial charge in [-0.05, 0) is 38.0 Å². The van der Waals surface area contributed by atoms with E-state index < -0.39 is 0 Å². The van der Waals surface area contributed by atoms with E-state index in [0.29, 0.717) is 5.52 Å². The molecule has 1 aliphatic heterocycles. The molecule has 22 heavy (non-hydrogen) atoms. The highest BCUT2D eigenvalue weighted by atomic mass is 16.1. The van der Waals surface area contributed by atoms with Crippen LogP contribution in [-0.2, 0) is 0 Å². The van der Waals surface area contributed by atoms with E-state index in [9.17, 15) is 4.79 Å². The number of aromatic nitrogens is 4. The number of anilines is 1. The van der Waals surface area contributed by atoms with Crippen LogP contribution in [0, 0.1) is 6.92 Å². The lowest BCUT2D eigenvalue weighted by molar-refractivity contribution is 0.915. The average Bonchev–Trinajstić information content (AvgIpc) is 3.16. The molecule has 1 N–H and O–H groups in total. The molecule has 0 aliphatic carbocycles. The van der Waals surface area contributed by atoms with Gasteiger partial charge in [-0.3, -0.25) is 4.79 Å². The molecule has 112 valence electrons. The highest BCUT2D eigenvalue weighted by Crippen LogP contribution is 2.21. The summed E-state index contributed by atoms with van der Waals surface area (Å²) in [4.78, 5) is 21.8. The van der Waals surface area contributed by atoms with Gasteiger partial charge in [0.05, 0.1) is 17.6 Å². The lowest BCUT2D eigenvalue weighted by Gasteiger charge is -2.16. The molecule has 0 radical (unpaired) electrons. The first kappa shape index (κ1) is 13.1. The number of pyridine rings is 1. The minimum atomic E-state index is -0.137. The summed E-state index contributed by atoms with van der Waals surface area (Å²) in [5, 5.41) is 4.31. The predicted molar refractivity (Wildman–Crippen MR) is 85.2 cm³/mol. The smallest absolute Gasteiger partial charge is 0.274 e. The van der Waals surface area contributed by atoms with Crippen molar-refractivity contribution >= 4 is 11.3 Å². The maximum absolute atomic E-state index is 12.1. The molecule has 0 unspecified atom stereocenters. The Kier molecular flexibility index (Phi) is 2.96. The lowest BCUT2D eigenvalue weighted by atomic mass is 10.2. The van der Waals surface area contributed by atoms with Crippen LogP contribution in [0.4, 0.5) is 5.82 Å². The normalized spacial score (nSPS) is 14.9. The first-order chi connectivity index (χ1) is 10.7. The monoisotopic (exact) mass is 295 g/mol. The SMILES string of the molecule is Cc1cc2c(=O)[nH]c(-c3ccc(N4CCCC4)nc3)cn2n1. The van der Waals surface area contributed by atoms with Gasteiger partial charge < -0.3 is 9.88 Å². The van der Waals surface area contributed by atoms with Gasteiger partial charge in [0, 0.05) is 24.8 Å². The van der Waals surface area contributed by atoms with Crippen molar-refractivity contribution in [3.63, 3.8) is 0 Å². The van der Waals surface area contributed by atoms with Crippen LogP contribution >= 0.6 is 0 Å². The van der Waals surface area contributed by atoms with Gasteiger partial charge in [0.1, 0.15) is 11.3 Å². The third-order valence-electron chi connectivity index (χ3n) is 4.08. The fourth-order valence-electron chi connectivity index (χ4n) is 2.95. The van der Waals surface area contributed by atoms with Crippen molar-refractivity contribution in [3.8, 4) is 11.3 Å². The number of aryl methyl sites for hydroxylation is 1. The average molecular weight is 295 g/mol. The van der Waals surface area contributed by atoms with Crippen molar-refractivity contribution in [2.45, 2.75) is 19.8 Å². The first-order valence-electron chi connectivity index (χ1n) is 7.51. The number of hydrogen-bond acceptors (Lipinski definition) is 4. The molecule has 0 saturated carbocycles. The molecule has 0 amide bonds. The Morgan fingerprint density at radius 2 is 2.05 bits per heavy atom. The Morgan fingerprint density at radius 1 is 1.23 bits per heavy atom. The summed E-state index contributed by atoms with van der Waals surface area (Å²) in [7, 11) is 0. The van der Waals surface area contributed by atoms with Crippen molar-refractivity contribution in [2.24, 2.45) is 0 Å². The molecule has 0 atom stereocenters. The van der Waals surface area contributed by atoms with Gasteiger partial charge in [0.25, 0.3) is 5.56 Å². The van der Waals surface area contributed by atoms with Crippen LogP contribution in [0.1, 0.15) is 18.5 Å². The molecular formula is C16H17N5O. The summed E-state index contributed by atoms with van der Waals surface area (Å²) >= 11 is 0. The van der Waals surface area contributed by atoms with Crippen LogP contribution in [0.3, 0.4) is 0 Å². The number of rotatable bonds is 2. The van der Waals surface area contributed by atoms with Gasteiger partial charge in [-0.25, -0.2) is 9.50 Å². The van der Waals surface area contributed by atoms with Gasteiger partial charge in [-0.2, -0.15) is 5.10 Å². The van der Waals surface area contributed by atoms with Gasteiger partial charge in [0.2, 0.25) is 0 Å². The highest BCUT2D eigenvalue weighted by Gasteiger charge is 2.13. The summed E-state index contributed by atoms with van der Waals surface area (Å²) < 4.78 is 1.62. The van der Waals surface area contributed by atoms with Gasteiger partial charge in [-0.15, -0.1) is 0 Å². The third kappa shape index (κ3) is 2.16. The van der Waals surface area contributed by atoms with E-state index in [1.54, 1.807) is 16.8 Å². The van der Waals surface area contributed by atoms with Crippen LogP contribution in [0.5, 0.6) is 0 Å². The number of nitrogens with one attached hydrogen (secondary N) is 1. The van der Waals surface area contributed by atoms with Crippen LogP contribution in [-0.4, -0.2) is 32.7 Å². The molecule has 3 aromatic heterocycles. The Labute approximate surface area is 127 Å². The zero-order chi connectivity index (χ0) is 15.1. The van der Waals surface area contributed by atoms with Gasteiger partial charge >= 0.3 is 0 Å². The summed E-state index contributed by atoms with van der Waals surface area (Å²) in [6, 6.07) is 5.78. The topological polar surface area (TPSA) is 66.3 Å². The Morgan fingerprint density at radius 3 is 2.77 bits per heavy atom. The van der Waals surface area contributed by atoms with Crippen LogP contribution in [0.2, 0.25) is 0 Å². The largest absolute Gasteiger partial charge is 0.357 e. The standard InChI is InChI=1S/C16H17N5O/c1-11-8-14-16(22)18-13(10-21(14)19-11)12-4-5-15(17-9-12)20-6-2-3-7-20/h4-5,8-10H,2-3,6-7H2,1H3,(H,18,22). The van der Waals surface area contributed by atoms with Gasteiger partial charge in [0.15, 0.2) is 0 Å². The highest BCUT2D eigenvalue weighted by molar-refractivity contribution is 5.61. The molecule has 4 rings (SSSR count). The quantitative estimate of drug-likeness (QED) is 0.785. The summed E-state index contributed by atoms with van der Waals surface area (Å²) in [5.74, 6) is 1.000. The van der Waals surface area contributed by atoms with E-state index >= 15 is 0 Å². The number of H-pyrrole nitrogens is 1. The molecule has 6 nitrogen and oxygen atoms in total. The van der Waals surface area contributed by atoms with E-state index in [1.807, 2.05) is 25.3 Å². The molecule has 1 saturated heterocycles. The van der Waals surface area contributed by atoms with E-state index in [2.05, 4.69) is 20.0 Å². The Hall–Kier alpha value is -2.63. The third-order valence-corrected chi connectivity index (χ3v) is 4.08. The molecule has 4 heterocycles. The number of fused-ring (bicyclic) bond motifs is 1. The number of nitrogens with zero attached hydrogens (tertiary/aromatic N) is 4. The second-order valence-electron chi connectivity index (χ2n) is 5.71. The summed E-state index contributed by atoms with van der Waals surface area (Å²) in [6.45, 7) is 4.02. The van der Waals surface area contributed by atoms with Crippen molar-refractivity contribution in [1.29, 1.82) is 0 Å². The van der Waals surface area contributed by atoms with Crippen LogP contribution in [0.15, 0.2) is 35.4 Å². The number of hydrogen-bond donors (Lipinski definition) is 1. The Bertz CT molecular complexity index is 872. The molecular weight excluding hydrogens is 278 g/mol. The zero-order valence-corrected chi connectivity index (χ0v) is 12.4. The van der Waals surface area contributed by atoms with Crippen molar-refractivity contribution in [1.82, 2.24) is 19.6 Å². The summed E-state index contributed by atoms with van der Waals surface area (Å²) in [5.41, 5.74) is 2.85. The van der Waals surface area contributed by atoms with E-state index in [0.717, 1.165) is 35.9 Å². The van der Waals surface area contributed by atoms with Crippen molar-refractivity contribution in [3.05, 3.63) is 46.6 Å². The van der Waals surface area contributed by atoms with E-state index in [1.165, 1.54) is 12.8 Å². The fraction of sp³-hybridized carbons (Fsp3) is 0.312. The fourth-order valence-corrected chi connectivity index (χ4v) is 2.95. The molecule has 1 aliphatic rings. The maximum atomic E-state index is 12.1. The first-order valence-corrected chi connectivity index (χ1v) is 7.51. The minimum absolute atomic E-state index is 0.137. The van der Waals surface area contributed by atoms with Crippen LogP contribution < -0.4 is 10.5 Å². The minimum Gasteiger partial charge on any atom is -0.357 e. The lowest BCUT2D eigenvalue weighted by Crippen LogP contribution is -2.18. The van der Waals surface area contributed by atoms with Gasteiger partial charge in [-0.1, -0.05) is 0 Å². The van der Waals surface area contributed by atoms with Crippen molar-refractivity contribution < 1.29 is 0 Å². The maximum Gasteiger partial charge on any atom is 0.274 e. The second kappa shape index (κ2) is 4.98. The zero-order valence-electron chi connectivity index (χ0n) is 12.4. The van der Waals surface area contributed by atoms with E-state index in [-0.39, 0.29) is 5.56 Å². The number of aromatic amines is 1. The summed E-state index contributed by atoms with van der Waals surface area (Å²) in [6.07, 6.45) is 6.09. The molecule has 1 fully saturated rings. The molecule has 3 aromatic rings. The molecule has 0 bridgehead atoms. The molecule has 0 aromatic carbocycles. The second-order valence-corrected chi connectivity index (χ2v) is 5.71. The van der Waals surface area contributed by atoms with Crippen LogP contribution in [0.25, 0.3) is 16.8 Å². The molecule has 0 spiro atoms. The van der Waals surface area contributed by atoms with Crippen molar-refractivity contribution in [2.75, 3.05) is 18.0 Å². The van der Waals surface area contributed by atoms with E-state index in [4.69, 9.17) is 0 Å².